The van der Waals surface area contributed by atoms with Gasteiger partial charge in [0.25, 0.3) is 0 Å². The van der Waals surface area contributed by atoms with Gasteiger partial charge in [0.05, 0.1) is 17.8 Å². The molecule has 130 valence electrons. The van der Waals surface area contributed by atoms with Crippen LogP contribution in [0.2, 0.25) is 0 Å². The van der Waals surface area contributed by atoms with E-state index in [9.17, 15) is 13.2 Å². The van der Waals surface area contributed by atoms with Crippen LogP contribution in [0.3, 0.4) is 0 Å². The van der Waals surface area contributed by atoms with Gasteiger partial charge in [-0.1, -0.05) is 11.2 Å². The molecule has 2 atom stereocenters. The van der Waals surface area contributed by atoms with Crippen LogP contribution in [0.5, 0.6) is 0 Å². The molecule has 2 N–H and O–H groups in total. The number of carbonyl (C=O) groups excluding carboxylic acids is 1. The first kappa shape index (κ1) is 18.1. The van der Waals surface area contributed by atoms with E-state index in [-0.39, 0.29) is 22.4 Å². The molecule has 1 amide bonds. The van der Waals surface area contributed by atoms with Gasteiger partial charge in [0.2, 0.25) is 15.9 Å². The van der Waals surface area contributed by atoms with Crippen LogP contribution in [0.4, 0.5) is 0 Å². The van der Waals surface area contributed by atoms with Gasteiger partial charge in [-0.15, -0.1) is 0 Å². The summed E-state index contributed by atoms with van der Waals surface area (Å²) in [6, 6.07) is 4.07. The van der Waals surface area contributed by atoms with E-state index < -0.39 is 22.0 Å². The maximum absolute atomic E-state index is 12.4. The van der Waals surface area contributed by atoms with Gasteiger partial charge in [0.1, 0.15) is 10.6 Å². The van der Waals surface area contributed by atoms with Crippen molar-refractivity contribution in [3.8, 4) is 0 Å². The summed E-state index contributed by atoms with van der Waals surface area (Å²) >= 11 is 0. The van der Waals surface area contributed by atoms with Gasteiger partial charge < -0.3 is 9.84 Å². The minimum atomic E-state index is -3.91. The normalized spacial score (nSPS) is 14.2. The van der Waals surface area contributed by atoms with Crippen molar-refractivity contribution < 1.29 is 17.7 Å². The predicted octanol–water partition coefficient (Wildman–Crippen LogP) is 1.23. The minimum absolute atomic E-state index is 0.0417. The molecule has 2 heterocycles. The molecule has 0 aliphatic rings. The van der Waals surface area contributed by atoms with Crippen molar-refractivity contribution in [1.29, 1.82) is 0 Å². The summed E-state index contributed by atoms with van der Waals surface area (Å²) in [5, 5.41) is 6.35. The summed E-state index contributed by atoms with van der Waals surface area (Å²) in [5.74, 6) is -0.280. The quantitative estimate of drug-likeness (QED) is 0.808. The third-order valence-corrected chi connectivity index (χ3v) is 5.24. The lowest BCUT2D eigenvalue weighted by molar-refractivity contribution is -0.123. The Morgan fingerprint density at radius 2 is 1.96 bits per heavy atom. The molecule has 0 aliphatic heterocycles. The molecule has 0 bridgehead atoms. The fourth-order valence-corrected chi connectivity index (χ4v) is 3.78. The van der Waals surface area contributed by atoms with E-state index in [1.165, 1.54) is 20.8 Å². The Morgan fingerprint density at radius 1 is 1.25 bits per heavy atom. The first-order valence-corrected chi connectivity index (χ1v) is 8.87. The van der Waals surface area contributed by atoms with Crippen LogP contribution in [-0.2, 0) is 14.8 Å². The Balaban J connectivity index is 2.06. The lowest BCUT2D eigenvalue weighted by atomic mass is 10.2. The van der Waals surface area contributed by atoms with E-state index in [2.05, 4.69) is 20.2 Å². The second kappa shape index (κ2) is 7.10. The van der Waals surface area contributed by atoms with Crippen molar-refractivity contribution in [2.45, 2.75) is 44.7 Å². The van der Waals surface area contributed by atoms with Crippen molar-refractivity contribution in [2.75, 3.05) is 0 Å². The van der Waals surface area contributed by atoms with Crippen LogP contribution >= 0.6 is 0 Å². The third kappa shape index (κ3) is 3.98. The van der Waals surface area contributed by atoms with Crippen molar-refractivity contribution in [2.24, 2.45) is 0 Å². The number of sulfonamides is 1. The Bertz CT molecular complexity index is 798. The van der Waals surface area contributed by atoms with Crippen molar-refractivity contribution in [3.05, 3.63) is 41.5 Å². The molecule has 2 rings (SSSR count). The van der Waals surface area contributed by atoms with Gasteiger partial charge in [-0.05, 0) is 39.8 Å². The van der Waals surface area contributed by atoms with E-state index in [4.69, 9.17) is 4.52 Å². The second-order valence-electron chi connectivity index (χ2n) is 5.48. The zero-order chi connectivity index (χ0) is 17.9. The van der Waals surface area contributed by atoms with Crippen molar-refractivity contribution in [3.63, 3.8) is 0 Å². The zero-order valence-electron chi connectivity index (χ0n) is 13.9. The number of aryl methyl sites for hydroxylation is 2. The summed E-state index contributed by atoms with van der Waals surface area (Å²) in [4.78, 5) is 16.4. The van der Waals surface area contributed by atoms with Gasteiger partial charge in [-0.25, -0.2) is 8.42 Å². The lowest BCUT2D eigenvalue weighted by Gasteiger charge is -2.18. The number of rotatable bonds is 6. The largest absolute Gasteiger partial charge is 0.360 e. The monoisotopic (exact) mass is 352 g/mol. The molecule has 0 radical (unpaired) electrons. The summed E-state index contributed by atoms with van der Waals surface area (Å²) in [5.41, 5.74) is 0.932. The van der Waals surface area contributed by atoms with Crippen LogP contribution < -0.4 is 10.0 Å². The molecule has 24 heavy (non-hydrogen) atoms. The number of hydrogen-bond donors (Lipinski definition) is 2. The smallest absolute Gasteiger partial charge is 0.246 e. The second-order valence-corrected chi connectivity index (χ2v) is 7.13. The van der Waals surface area contributed by atoms with Crippen LogP contribution in [0.15, 0.2) is 33.8 Å². The number of carbonyl (C=O) groups is 1. The maximum atomic E-state index is 12.4. The summed E-state index contributed by atoms with van der Waals surface area (Å²) < 4.78 is 32.0. The molecule has 0 spiro atoms. The van der Waals surface area contributed by atoms with Gasteiger partial charge in [0, 0.05) is 6.20 Å². The average molecular weight is 352 g/mol. The van der Waals surface area contributed by atoms with E-state index in [1.807, 2.05) is 6.07 Å². The molecule has 1 unspecified atom stereocenters. The number of nitrogens with zero attached hydrogens (tertiary/aromatic N) is 2. The van der Waals surface area contributed by atoms with Crippen LogP contribution in [0, 0.1) is 13.8 Å². The Hall–Kier alpha value is -2.26. The van der Waals surface area contributed by atoms with Crippen LogP contribution in [0.1, 0.15) is 37.0 Å². The highest BCUT2D eigenvalue weighted by Crippen LogP contribution is 2.19. The lowest BCUT2D eigenvalue weighted by Crippen LogP contribution is -2.45. The SMILES string of the molecule is Cc1noc(C)c1S(=O)(=O)N[C@@H](C)C(=O)NC(C)c1ccccn1. The first-order chi connectivity index (χ1) is 11.2. The number of pyridine rings is 1. The Morgan fingerprint density at radius 3 is 2.50 bits per heavy atom. The fraction of sp³-hybridized carbons (Fsp3) is 0.400. The minimum Gasteiger partial charge on any atom is -0.360 e. The predicted molar refractivity (Wildman–Crippen MR) is 86.6 cm³/mol. The van der Waals surface area contributed by atoms with Gasteiger partial charge in [-0.3, -0.25) is 9.78 Å². The highest BCUT2D eigenvalue weighted by Gasteiger charge is 2.28. The topological polar surface area (TPSA) is 114 Å². The summed E-state index contributed by atoms with van der Waals surface area (Å²) in [6.45, 7) is 6.27. The Kier molecular flexibility index (Phi) is 5.35. The van der Waals surface area contributed by atoms with Crippen LogP contribution in [0.25, 0.3) is 0 Å². The number of nitrogens with one attached hydrogen (secondary N) is 2. The van der Waals surface area contributed by atoms with Crippen LogP contribution in [-0.4, -0.2) is 30.5 Å². The van der Waals surface area contributed by atoms with E-state index in [1.54, 1.807) is 25.3 Å². The molecule has 0 aromatic carbocycles. The first-order valence-electron chi connectivity index (χ1n) is 7.39. The van der Waals surface area contributed by atoms with Crippen molar-refractivity contribution in [1.82, 2.24) is 20.2 Å². The molecule has 0 saturated carbocycles. The average Bonchev–Trinajstić information content (AvgIpc) is 2.87. The standard InChI is InChI=1S/C15H20N4O4S/c1-9(13-7-5-6-8-16-13)17-15(20)11(3)19-24(21,22)14-10(2)18-23-12(14)4/h5-9,11,19H,1-4H3,(H,17,20)/t9?,11-/m0/s1. The number of amides is 1. The molecule has 2 aromatic rings. The molecular weight excluding hydrogens is 332 g/mol. The zero-order valence-corrected chi connectivity index (χ0v) is 14.7. The van der Waals surface area contributed by atoms with E-state index in [0.717, 1.165) is 0 Å². The van der Waals surface area contributed by atoms with Gasteiger partial charge in [0.15, 0.2) is 5.76 Å². The van der Waals surface area contributed by atoms with Gasteiger partial charge >= 0.3 is 0 Å². The maximum Gasteiger partial charge on any atom is 0.246 e. The molecule has 9 heteroatoms. The third-order valence-electron chi connectivity index (χ3n) is 3.45. The number of aromatic nitrogens is 2. The Labute approximate surface area is 140 Å². The summed E-state index contributed by atoms with van der Waals surface area (Å²) in [7, 11) is -3.91. The molecule has 8 nitrogen and oxygen atoms in total. The highest BCUT2D eigenvalue weighted by atomic mass is 32.2. The highest BCUT2D eigenvalue weighted by molar-refractivity contribution is 7.89. The molecule has 0 aliphatic carbocycles. The van der Waals surface area contributed by atoms with Gasteiger partial charge in [-0.2, -0.15) is 4.72 Å². The van der Waals surface area contributed by atoms with E-state index in [0.29, 0.717) is 5.69 Å². The van der Waals surface area contributed by atoms with Crippen molar-refractivity contribution >= 4 is 15.9 Å². The fourth-order valence-electron chi connectivity index (χ4n) is 2.25. The molecule has 0 fully saturated rings. The van der Waals surface area contributed by atoms with E-state index >= 15 is 0 Å². The molecular formula is C15H20N4O4S. The molecule has 2 aromatic heterocycles. The molecule has 0 saturated heterocycles. The summed E-state index contributed by atoms with van der Waals surface area (Å²) in [6.07, 6.45) is 1.63. The number of hydrogen-bond acceptors (Lipinski definition) is 6.